The summed E-state index contributed by atoms with van der Waals surface area (Å²) in [6, 6.07) is 0. The van der Waals surface area contributed by atoms with E-state index in [2.05, 4.69) is 0 Å². The van der Waals surface area contributed by atoms with E-state index in [-0.39, 0.29) is 160 Å². The monoisotopic (exact) mass is 458 g/mol. The molecule has 0 saturated heterocycles. The summed E-state index contributed by atoms with van der Waals surface area (Å²) in [4.78, 5) is 0. The molecule has 0 unspecified atom stereocenters. The minimum atomic E-state index is 0. The zero-order chi connectivity index (χ0) is 0. The topological polar surface area (TPSA) is 142 Å². The first-order valence-electron chi connectivity index (χ1n) is 0. The van der Waals surface area contributed by atoms with Gasteiger partial charge >= 0.3 is 37.1 Å². The van der Waals surface area contributed by atoms with Gasteiger partial charge in [-0.1, -0.05) is 0 Å². The summed E-state index contributed by atoms with van der Waals surface area (Å²) in [5.74, 6) is 0. The Morgan fingerprint density at radius 3 is 0.364 bits per heavy atom. The number of hydrogen-bond donors (Lipinski definition) is 0. The van der Waals surface area contributed by atoms with Crippen molar-refractivity contribution in [2.75, 3.05) is 0 Å². The van der Waals surface area contributed by atoms with Crippen molar-refractivity contribution in [3.05, 3.63) is 0 Å². The van der Waals surface area contributed by atoms with Gasteiger partial charge < -0.3 is 27.4 Å². The zero-order valence-electron chi connectivity index (χ0n) is 4.94. The van der Waals surface area contributed by atoms with Crippen molar-refractivity contribution in [2.24, 2.45) is 0 Å². The Morgan fingerprint density at radius 1 is 0.364 bits per heavy atom. The van der Waals surface area contributed by atoms with Crippen molar-refractivity contribution in [3.8, 4) is 0 Å². The van der Waals surface area contributed by atoms with Crippen LogP contribution in [0, 0.1) is 0 Å². The van der Waals surface area contributed by atoms with Gasteiger partial charge in [0.25, 0.3) is 0 Å². The van der Waals surface area contributed by atoms with Crippen LogP contribution < -0.4 is 0 Å². The summed E-state index contributed by atoms with van der Waals surface area (Å²) in [6.07, 6.45) is 0. The normalized spacial score (nSPS) is 0. The van der Waals surface area contributed by atoms with E-state index >= 15 is 0 Å². The van der Waals surface area contributed by atoms with Crippen molar-refractivity contribution in [2.45, 2.75) is 0 Å². The Labute approximate surface area is 157 Å². The van der Waals surface area contributed by atoms with Crippen molar-refractivity contribution in [3.63, 3.8) is 0 Å². The fraction of sp³-hybridized carbons (Fsp3) is 0. The van der Waals surface area contributed by atoms with Gasteiger partial charge in [0, 0.05) is 95.8 Å². The Kier molecular flexibility index (Phi) is 2260. The summed E-state index contributed by atoms with van der Waals surface area (Å²) in [7, 11) is 0. The largest absolute Gasteiger partial charge is 5.00 e. The third-order valence-electron chi connectivity index (χ3n) is 0. The Morgan fingerprint density at radius 2 is 0.364 bits per heavy atom. The van der Waals surface area contributed by atoms with Crippen LogP contribution in [0.2, 0.25) is 0 Å². The van der Waals surface area contributed by atoms with Crippen LogP contribution >= 0.6 is 0 Å². The Bertz CT molecular complexity index is 20.4. The molecular weight excluding hydrogens is 460 g/mol. The predicted molar refractivity (Wildman–Crippen MR) is 3.43 cm³/mol. The van der Waals surface area contributed by atoms with E-state index in [1.807, 2.05) is 0 Å². The Hall–Kier alpha value is 4.16. The van der Waals surface area contributed by atoms with Crippen molar-refractivity contribution in [1.82, 2.24) is 0 Å². The van der Waals surface area contributed by atoms with Crippen LogP contribution in [0.25, 0.3) is 0 Å². The quantitative estimate of drug-likeness (QED) is 0.426. The van der Waals surface area contributed by atoms with Crippen molar-refractivity contribution in [1.29, 1.82) is 0 Å². The molecule has 0 aromatic rings. The van der Waals surface area contributed by atoms with Crippen molar-refractivity contribution >= 4 is 0 Å². The Balaban J connectivity index is 0. The molecule has 0 aromatic heterocycles. The summed E-state index contributed by atoms with van der Waals surface area (Å²) in [5.41, 5.74) is 0. The summed E-state index contributed by atoms with van der Waals surface area (Å²) < 4.78 is 0. The minimum Gasteiger partial charge on any atom is -2.00 e. The van der Waals surface area contributed by atoms with Gasteiger partial charge in [-0.2, -0.15) is 0 Å². The molecule has 0 rings (SSSR count). The second-order valence-corrected chi connectivity index (χ2v) is 0. The standard InChI is InChI=1S/5O.2Ti.2V.2Zr/q5*-2;;;2*+5;;. The van der Waals surface area contributed by atoms with Crippen LogP contribution in [-0.4, -0.2) is 0 Å². The molecule has 0 saturated carbocycles. The molecule has 0 aliphatic heterocycles. The third kappa shape index (κ3) is 121. The first-order chi connectivity index (χ1) is 0. The van der Waals surface area contributed by atoms with Crippen LogP contribution in [0.5, 0.6) is 0 Å². The molecule has 56 valence electrons. The average molecular weight is 460 g/mol. The molecule has 0 N–H and O–H groups in total. The number of hydrogen-bond acceptors (Lipinski definition) is 0. The van der Waals surface area contributed by atoms with Crippen LogP contribution in [0.15, 0.2) is 0 Å². The molecule has 0 radical (unpaired) electrons. The second kappa shape index (κ2) is 142. The fourth-order valence-corrected chi connectivity index (χ4v) is 0. The molecule has 0 atom stereocenters. The predicted octanol–water partition coefficient (Wildman–Crippen LogP) is -0.609. The van der Waals surface area contributed by atoms with Crippen LogP contribution in [0.4, 0.5) is 0 Å². The molecule has 0 aromatic carbocycles. The van der Waals surface area contributed by atoms with Gasteiger partial charge in [0.2, 0.25) is 0 Å². The van der Waals surface area contributed by atoms with E-state index in [0.29, 0.717) is 0 Å². The maximum Gasteiger partial charge on any atom is 5.00 e. The molecule has 0 heterocycles. The summed E-state index contributed by atoms with van der Waals surface area (Å²) >= 11 is 0. The minimum absolute atomic E-state index is 0. The summed E-state index contributed by atoms with van der Waals surface area (Å²) in [5, 5.41) is 0. The molecule has 0 bridgehead atoms. The number of rotatable bonds is 0. The van der Waals surface area contributed by atoms with Gasteiger partial charge in [0.05, 0.1) is 0 Å². The molecule has 0 aliphatic carbocycles. The van der Waals surface area contributed by atoms with E-state index in [1.54, 1.807) is 0 Å². The van der Waals surface area contributed by atoms with Gasteiger partial charge in [-0.05, 0) is 0 Å². The van der Waals surface area contributed by atoms with E-state index in [0.717, 1.165) is 0 Å². The second-order valence-electron chi connectivity index (χ2n) is 0. The maximum absolute atomic E-state index is 0. The van der Waals surface area contributed by atoms with E-state index in [4.69, 9.17) is 0 Å². The molecule has 11 heteroatoms. The van der Waals surface area contributed by atoms with Gasteiger partial charge in [-0.3, -0.25) is 0 Å². The van der Waals surface area contributed by atoms with E-state index in [1.165, 1.54) is 0 Å². The molecule has 11 heavy (non-hydrogen) atoms. The first kappa shape index (κ1) is 175. The third-order valence-corrected chi connectivity index (χ3v) is 0. The van der Waals surface area contributed by atoms with Gasteiger partial charge in [0.1, 0.15) is 0 Å². The average Bonchev–Trinajstić information content (AvgIpc) is 0. The first-order valence-corrected chi connectivity index (χ1v) is 0. The summed E-state index contributed by atoms with van der Waals surface area (Å²) in [6.45, 7) is 0. The molecule has 5 nitrogen and oxygen atoms in total. The van der Waals surface area contributed by atoms with Crippen LogP contribution in [-0.2, 0) is 160 Å². The molecule has 0 fully saturated rings. The molecule has 0 aliphatic rings. The molecule has 0 amide bonds. The van der Waals surface area contributed by atoms with Gasteiger partial charge in [0.15, 0.2) is 0 Å². The maximum atomic E-state index is 0. The van der Waals surface area contributed by atoms with Crippen LogP contribution in [0.3, 0.4) is 0 Å². The SMILES string of the molecule is [O-2].[O-2].[O-2].[O-2].[O-2].[Ti].[Ti].[V+5].[V+5].[Zr].[Zr]. The van der Waals surface area contributed by atoms with Crippen LogP contribution in [0.1, 0.15) is 0 Å². The van der Waals surface area contributed by atoms with E-state index in [9.17, 15) is 0 Å². The van der Waals surface area contributed by atoms with Crippen molar-refractivity contribution < 1.29 is 160 Å². The molecule has 0 spiro atoms. The van der Waals surface area contributed by atoms with Gasteiger partial charge in [-0.15, -0.1) is 0 Å². The molecular formula is O5Ti2V2Zr2. The zero-order valence-corrected chi connectivity index (χ0v) is 15.8. The van der Waals surface area contributed by atoms with E-state index < -0.39 is 0 Å². The smallest absolute Gasteiger partial charge is 2.00 e. The van der Waals surface area contributed by atoms with Gasteiger partial charge in [-0.25, -0.2) is 0 Å². The fourth-order valence-electron chi connectivity index (χ4n) is 0.